The molecule has 1 heterocycles. The van der Waals surface area contributed by atoms with Crippen LogP contribution in [-0.2, 0) is 0 Å². The normalized spacial score (nSPS) is 20.5. The van der Waals surface area contributed by atoms with Gasteiger partial charge >= 0.3 is 0 Å². The van der Waals surface area contributed by atoms with Crippen LogP contribution in [0.25, 0.3) is 0 Å². The third kappa shape index (κ3) is 4.95. The maximum absolute atomic E-state index is 12.3. The van der Waals surface area contributed by atoms with Gasteiger partial charge in [-0.1, -0.05) is 51.7 Å². The molecule has 1 aliphatic heterocycles. The predicted molar refractivity (Wildman–Crippen MR) is 137 cm³/mol. The third-order valence-electron chi connectivity index (χ3n) is 6.95. The van der Waals surface area contributed by atoms with Gasteiger partial charge in [-0.05, 0) is 73.3 Å². The van der Waals surface area contributed by atoms with Gasteiger partial charge in [0.2, 0.25) is 0 Å². The molecule has 176 valence electrons. The summed E-state index contributed by atoms with van der Waals surface area (Å²) in [4.78, 5) is 3.36. The lowest BCUT2D eigenvalue weighted by atomic mass is 9.72. The number of methoxy groups -OCH3 is 1. The molecule has 1 N–H and O–H groups in total. The SMILES string of the molecule is CCCCC1(CCCC)[C@H](O)[C@H](c2cccc(OC)c2)c2cc(N(C)C)ccc2SN1C. The summed E-state index contributed by atoms with van der Waals surface area (Å²) in [6.07, 6.45) is 5.92. The molecule has 1 aliphatic rings. The highest BCUT2D eigenvalue weighted by atomic mass is 32.2. The van der Waals surface area contributed by atoms with Crippen molar-refractivity contribution in [2.45, 2.75) is 74.8 Å². The Morgan fingerprint density at radius 3 is 2.34 bits per heavy atom. The van der Waals surface area contributed by atoms with E-state index in [1.807, 2.05) is 12.1 Å². The summed E-state index contributed by atoms with van der Waals surface area (Å²) in [5.74, 6) is 0.712. The molecule has 0 fully saturated rings. The number of nitrogens with zero attached hydrogens (tertiary/aromatic N) is 2. The van der Waals surface area contributed by atoms with Crippen LogP contribution in [0.15, 0.2) is 47.4 Å². The van der Waals surface area contributed by atoms with Crippen molar-refractivity contribution in [1.82, 2.24) is 4.31 Å². The minimum atomic E-state index is -0.524. The highest BCUT2D eigenvalue weighted by molar-refractivity contribution is 7.97. The first kappa shape index (κ1) is 24.9. The number of unbranched alkanes of at least 4 members (excludes halogenated alkanes) is 2. The second-order valence-electron chi connectivity index (χ2n) is 9.22. The van der Waals surface area contributed by atoms with Crippen LogP contribution >= 0.6 is 11.9 Å². The van der Waals surface area contributed by atoms with Crippen molar-refractivity contribution >= 4 is 17.6 Å². The highest BCUT2D eigenvalue weighted by Gasteiger charge is 2.48. The Hall–Kier alpha value is -1.69. The summed E-state index contributed by atoms with van der Waals surface area (Å²) in [6.45, 7) is 4.47. The van der Waals surface area contributed by atoms with Crippen molar-refractivity contribution in [3.8, 4) is 5.75 Å². The molecule has 0 amide bonds. The van der Waals surface area contributed by atoms with E-state index in [0.717, 1.165) is 55.5 Å². The van der Waals surface area contributed by atoms with Crippen LogP contribution in [0.5, 0.6) is 5.75 Å². The molecule has 2 atom stereocenters. The Morgan fingerprint density at radius 2 is 1.75 bits per heavy atom. The average Bonchev–Trinajstić information content (AvgIpc) is 2.88. The van der Waals surface area contributed by atoms with E-state index in [4.69, 9.17) is 4.74 Å². The molecule has 0 saturated heterocycles. The van der Waals surface area contributed by atoms with Crippen LogP contribution in [0.3, 0.4) is 0 Å². The second kappa shape index (κ2) is 11.0. The van der Waals surface area contributed by atoms with Crippen molar-refractivity contribution in [2.24, 2.45) is 0 Å². The number of aliphatic hydroxyl groups is 1. The summed E-state index contributed by atoms with van der Waals surface area (Å²) in [6, 6.07) is 14.9. The Labute approximate surface area is 199 Å². The molecule has 0 aliphatic carbocycles. The van der Waals surface area contributed by atoms with Gasteiger partial charge in [-0.2, -0.15) is 0 Å². The van der Waals surface area contributed by atoms with Gasteiger partial charge in [-0.15, -0.1) is 0 Å². The molecule has 4 nitrogen and oxygen atoms in total. The van der Waals surface area contributed by atoms with Crippen LogP contribution in [-0.4, -0.2) is 49.3 Å². The van der Waals surface area contributed by atoms with Gasteiger partial charge in [0.1, 0.15) is 5.75 Å². The van der Waals surface area contributed by atoms with Gasteiger partial charge in [0.05, 0.1) is 18.8 Å². The lowest BCUT2D eigenvalue weighted by molar-refractivity contribution is 0.000464. The van der Waals surface area contributed by atoms with Gasteiger partial charge in [-0.3, -0.25) is 0 Å². The van der Waals surface area contributed by atoms with E-state index in [1.54, 1.807) is 19.1 Å². The van der Waals surface area contributed by atoms with E-state index in [2.05, 4.69) is 74.5 Å². The topological polar surface area (TPSA) is 35.9 Å². The second-order valence-corrected chi connectivity index (χ2v) is 10.4. The fourth-order valence-electron chi connectivity index (χ4n) is 4.94. The van der Waals surface area contributed by atoms with E-state index >= 15 is 0 Å². The quantitative estimate of drug-likeness (QED) is 0.446. The Balaban J connectivity index is 2.23. The van der Waals surface area contributed by atoms with E-state index in [9.17, 15) is 5.11 Å². The first-order chi connectivity index (χ1) is 15.4. The highest BCUT2D eigenvalue weighted by Crippen LogP contribution is 2.50. The fraction of sp³-hybridized carbons (Fsp3) is 0.556. The number of fused-ring (bicyclic) bond motifs is 1. The van der Waals surface area contributed by atoms with Crippen LogP contribution in [0.4, 0.5) is 5.69 Å². The number of ether oxygens (including phenoxy) is 1. The molecule has 0 spiro atoms. The molecule has 32 heavy (non-hydrogen) atoms. The van der Waals surface area contributed by atoms with Gasteiger partial charge in [0.25, 0.3) is 0 Å². The molecule has 0 radical (unpaired) electrons. The monoisotopic (exact) mass is 456 g/mol. The molecule has 2 aromatic rings. The predicted octanol–water partition coefficient (Wildman–Crippen LogP) is 6.33. The number of anilines is 1. The minimum Gasteiger partial charge on any atom is -0.497 e. The van der Waals surface area contributed by atoms with Crippen molar-refractivity contribution in [2.75, 3.05) is 33.2 Å². The van der Waals surface area contributed by atoms with Gasteiger partial charge < -0.3 is 14.7 Å². The molecular formula is C27H40N2O2S. The summed E-state index contributed by atoms with van der Waals surface area (Å²) >= 11 is 1.80. The fourth-order valence-corrected chi connectivity index (χ4v) is 6.13. The minimum absolute atomic E-state index is 0.119. The largest absolute Gasteiger partial charge is 0.497 e. The van der Waals surface area contributed by atoms with Crippen LogP contribution in [0.2, 0.25) is 0 Å². The first-order valence-electron chi connectivity index (χ1n) is 11.9. The summed E-state index contributed by atoms with van der Waals surface area (Å²) in [5, 5.41) is 12.3. The van der Waals surface area contributed by atoms with Crippen molar-refractivity contribution in [1.29, 1.82) is 0 Å². The summed E-state index contributed by atoms with van der Waals surface area (Å²) < 4.78 is 7.93. The lowest BCUT2D eigenvalue weighted by Gasteiger charge is -2.45. The van der Waals surface area contributed by atoms with Crippen LogP contribution < -0.4 is 9.64 Å². The Kier molecular flexibility index (Phi) is 8.54. The van der Waals surface area contributed by atoms with Crippen molar-refractivity contribution in [3.63, 3.8) is 0 Å². The van der Waals surface area contributed by atoms with E-state index < -0.39 is 6.10 Å². The van der Waals surface area contributed by atoms with Gasteiger partial charge in [0.15, 0.2) is 0 Å². The van der Waals surface area contributed by atoms with Crippen molar-refractivity contribution in [3.05, 3.63) is 53.6 Å². The zero-order valence-electron chi connectivity index (χ0n) is 20.6. The average molecular weight is 457 g/mol. The molecule has 0 bridgehead atoms. The number of hydrogen-bond donors (Lipinski definition) is 1. The van der Waals surface area contributed by atoms with Crippen molar-refractivity contribution < 1.29 is 9.84 Å². The lowest BCUT2D eigenvalue weighted by Crippen LogP contribution is -2.54. The Bertz CT molecular complexity index is 878. The van der Waals surface area contributed by atoms with E-state index in [1.165, 1.54) is 10.5 Å². The number of likely N-dealkylation sites (N-methyl/N-ethyl adjacent to an activating group) is 1. The van der Waals surface area contributed by atoms with Crippen LogP contribution in [0, 0.1) is 0 Å². The maximum Gasteiger partial charge on any atom is 0.119 e. The number of hydrogen-bond acceptors (Lipinski definition) is 5. The molecular weight excluding hydrogens is 416 g/mol. The zero-order valence-corrected chi connectivity index (χ0v) is 21.4. The van der Waals surface area contributed by atoms with Gasteiger partial charge in [-0.25, -0.2) is 4.31 Å². The molecule has 3 rings (SSSR count). The molecule has 2 aromatic carbocycles. The standard InChI is InChI=1S/C27H40N2O2S/c1-7-9-16-27(17-10-8-2)26(30)25(20-12-11-13-22(18-20)31-6)23-19-21(28(3)4)14-15-24(23)32-29(27)5/h11-15,18-19,25-26,30H,7-10,16-17H2,1-6H3/t25-,26-/m1/s1. The zero-order chi connectivity index (χ0) is 23.3. The molecule has 0 unspecified atom stereocenters. The number of aliphatic hydroxyl groups excluding tert-OH is 1. The summed E-state index contributed by atoms with van der Waals surface area (Å²) in [5.41, 5.74) is 3.18. The molecule has 0 aromatic heterocycles. The number of rotatable bonds is 9. The van der Waals surface area contributed by atoms with Gasteiger partial charge in [0, 0.05) is 30.6 Å². The third-order valence-corrected chi connectivity index (χ3v) is 8.16. The summed E-state index contributed by atoms with van der Waals surface area (Å²) in [7, 11) is 8.02. The smallest absolute Gasteiger partial charge is 0.119 e. The van der Waals surface area contributed by atoms with E-state index in [0.29, 0.717) is 0 Å². The molecule has 0 saturated carbocycles. The number of benzene rings is 2. The first-order valence-corrected chi connectivity index (χ1v) is 12.7. The van der Waals surface area contributed by atoms with Crippen LogP contribution in [0.1, 0.15) is 69.4 Å². The maximum atomic E-state index is 12.3. The van der Waals surface area contributed by atoms with E-state index in [-0.39, 0.29) is 11.5 Å². The molecule has 5 heteroatoms. The Morgan fingerprint density at radius 1 is 1.06 bits per heavy atom.